The summed E-state index contributed by atoms with van der Waals surface area (Å²) in [4.78, 5) is 0. The lowest BCUT2D eigenvalue weighted by Crippen LogP contribution is -2.13. The standard InChI is InChI=1S/C17H20O/c1-3-16(4-2)18-17-12-10-15(11-13-17)14-8-6-5-7-9-14/h5-13,16H,3-4H2,1-2H3. The zero-order valence-electron chi connectivity index (χ0n) is 11.1. The predicted octanol–water partition coefficient (Wildman–Crippen LogP) is 4.92. The second-order valence-corrected chi connectivity index (χ2v) is 4.45. The molecule has 0 N–H and O–H groups in total. The van der Waals surface area contributed by atoms with Gasteiger partial charge in [-0.15, -0.1) is 0 Å². The van der Waals surface area contributed by atoms with E-state index in [1.54, 1.807) is 0 Å². The Balaban J connectivity index is 2.11. The lowest BCUT2D eigenvalue weighted by molar-refractivity contribution is 0.193. The lowest BCUT2D eigenvalue weighted by Gasteiger charge is -2.15. The SMILES string of the molecule is CCC(CC)Oc1ccc(-c2ccccc2)cc1. The van der Waals surface area contributed by atoms with Crippen molar-refractivity contribution in [3.05, 3.63) is 54.6 Å². The summed E-state index contributed by atoms with van der Waals surface area (Å²) < 4.78 is 5.90. The molecule has 0 spiro atoms. The zero-order valence-corrected chi connectivity index (χ0v) is 11.1. The first-order chi connectivity index (χ1) is 8.83. The molecule has 0 aliphatic carbocycles. The number of hydrogen-bond donors (Lipinski definition) is 0. The van der Waals surface area contributed by atoms with Gasteiger partial charge in [-0.1, -0.05) is 56.3 Å². The first-order valence-corrected chi connectivity index (χ1v) is 6.65. The Morgan fingerprint density at radius 3 is 1.89 bits per heavy atom. The van der Waals surface area contributed by atoms with E-state index in [1.807, 2.05) is 6.07 Å². The Labute approximate surface area is 109 Å². The summed E-state index contributed by atoms with van der Waals surface area (Å²) in [5.41, 5.74) is 2.47. The Morgan fingerprint density at radius 2 is 1.33 bits per heavy atom. The quantitative estimate of drug-likeness (QED) is 0.720. The van der Waals surface area contributed by atoms with Crippen LogP contribution in [0.25, 0.3) is 11.1 Å². The van der Waals surface area contributed by atoms with Crippen LogP contribution in [0, 0.1) is 0 Å². The highest BCUT2D eigenvalue weighted by molar-refractivity contribution is 5.63. The molecule has 18 heavy (non-hydrogen) atoms. The average Bonchev–Trinajstić information content (AvgIpc) is 2.46. The molecule has 0 aromatic heterocycles. The molecule has 1 heteroatoms. The lowest BCUT2D eigenvalue weighted by atomic mass is 10.1. The maximum atomic E-state index is 5.90. The zero-order chi connectivity index (χ0) is 12.8. The molecular weight excluding hydrogens is 220 g/mol. The second kappa shape index (κ2) is 6.25. The normalized spacial score (nSPS) is 10.6. The van der Waals surface area contributed by atoms with E-state index in [2.05, 4.69) is 62.4 Å². The average molecular weight is 240 g/mol. The minimum atomic E-state index is 0.326. The van der Waals surface area contributed by atoms with Crippen molar-refractivity contribution in [1.29, 1.82) is 0 Å². The minimum absolute atomic E-state index is 0.326. The molecule has 0 radical (unpaired) electrons. The summed E-state index contributed by atoms with van der Waals surface area (Å²) in [6.45, 7) is 4.32. The van der Waals surface area contributed by atoms with Crippen LogP contribution in [-0.2, 0) is 0 Å². The summed E-state index contributed by atoms with van der Waals surface area (Å²) in [6.07, 6.45) is 2.43. The molecule has 2 aromatic carbocycles. The third-order valence-electron chi connectivity index (χ3n) is 3.17. The maximum absolute atomic E-state index is 5.90. The van der Waals surface area contributed by atoms with Crippen molar-refractivity contribution >= 4 is 0 Å². The first-order valence-electron chi connectivity index (χ1n) is 6.65. The third-order valence-corrected chi connectivity index (χ3v) is 3.17. The van der Waals surface area contributed by atoms with E-state index in [0.717, 1.165) is 18.6 Å². The van der Waals surface area contributed by atoms with Gasteiger partial charge in [0.25, 0.3) is 0 Å². The van der Waals surface area contributed by atoms with Gasteiger partial charge in [0.2, 0.25) is 0 Å². The van der Waals surface area contributed by atoms with Crippen molar-refractivity contribution in [3.8, 4) is 16.9 Å². The van der Waals surface area contributed by atoms with Crippen LogP contribution in [0.2, 0.25) is 0 Å². The van der Waals surface area contributed by atoms with Crippen molar-refractivity contribution in [2.24, 2.45) is 0 Å². The molecule has 0 aliphatic rings. The van der Waals surface area contributed by atoms with E-state index in [9.17, 15) is 0 Å². The van der Waals surface area contributed by atoms with E-state index >= 15 is 0 Å². The summed E-state index contributed by atoms with van der Waals surface area (Å²) in [5.74, 6) is 0.961. The fourth-order valence-corrected chi connectivity index (χ4v) is 2.00. The van der Waals surface area contributed by atoms with E-state index < -0.39 is 0 Å². The van der Waals surface area contributed by atoms with Gasteiger partial charge in [-0.3, -0.25) is 0 Å². The van der Waals surface area contributed by atoms with Gasteiger partial charge in [0.1, 0.15) is 5.75 Å². The molecule has 2 rings (SSSR count). The molecule has 0 heterocycles. The monoisotopic (exact) mass is 240 g/mol. The fourth-order valence-electron chi connectivity index (χ4n) is 2.00. The van der Waals surface area contributed by atoms with Crippen molar-refractivity contribution in [1.82, 2.24) is 0 Å². The van der Waals surface area contributed by atoms with Crippen LogP contribution < -0.4 is 4.74 Å². The van der Waals surface area contributed by atoms with E-state index in [0.29, 0.717) is 6.10 Å². The highest BCUT2D eigenvalue weighted by Crippen LogP contribution is 2.23. The molecule has 0 aliphatic heterocycles. The molecule has 0 amide bonds. The molecule has 0 saturated heterocycles. The highest BCUT2D eigenvalue weighted by atomic mass is 16.5. The van der Waals surface area contributed by atoms with Gasteiger partial charge in [-0.2, -0.15) is 0 Å². The van der Waals surface area contributed by atoms with Crippen molar-refractivity contribution in [2.45, 2.75) is 32.8 Å². The largest absolute Gasteiger partial charge is 0.490 e. The van der Waals surface area contributed by atoms with Gasteiger partial charge in [-0.05, 0) is 36.1 Å². The van der Waals surface area contributed by atoms with Crippen LogP contribution in [0.5, 0.6) is 5.75 Å². The molecule has 0 saturated carbocycles. The van der Waals surface area contributed by atoms with Gasteiger partial charge in [0, 0.05) is 0 Å². The van der Waals surface area contributed by atoms with Crippen LogP contribution in [0.3, 0.4) is 0 Å². The highest BCUT2D eigenvalue weighted by Gasteiger charge is 2.05. The van der Waals surface area contributed by atoms with Crippen LogP contribution in [0.4, 0.5) is 0 Å². The summed E-state index contributed by atoms with van der Waals surface area (Å²) >= 11 is 0. The summed E-state index contributed by atoms with van der Waals surface area (Å²) in [6, 6.07) is 18.7. The molecule has 0 atom stereocenters. The number of benzene rings is 2. The Hall–Kier alpha value is -1.76. The van der Waals surface area contributed by atoms with Crippen molar-refractivity contribution in [3.63, 3.8) is 0 Å². The molecule has 94 valence electrons. The Morgan fingerprint density at radius 1 is 0.778 bits per heavy atom. The van der Waals surface area contributed by atoms with Crippen molar-refractivity contribution in [2.75, 3.05) is 0 Å². The topological polar surface area (TPSA) is 9.23 Å². The van der Waals surface area contributed by atoms with E-state index in [4.69, 9.17) is 4.74 Å². The van der Waals surface area contributed by atoms with Gasteiger partial charge in [-0.25, -0.2) is 0 Å². The van der Waals surface area contributed by atoms with Gasteiger partial charge < -0.3 is 4.74 Å². The smallest absolute Gasteiger partial charge is 0.119 e. The molecule has 1 nitrogen and oxygen atoms in total. The van der Waals surface area contributed by atoms with E-state index in [1.165, 1.54) is 11.1 Å². The maximum Gasteiger partial charge on any atom is 0.119 e. The van der Waals surface area contributed by atoms with Crippen molar-refractivity contribution < 1.29 is 4.74 Å². The molecular formula is C17H20O. The molecule has 0 fully saturated rings. The number of ether oxygens (including phenoxy) is 1. The van der Waals surface area contributed by atoms with Gasteiger partial charge >= 0.3 is 0 Å². The molecule has 0 bridgehead atoms. The van der Waals surface area contributed by atoms with E-state index in [-0.39, 0.29) is 0 Å². The number of rotatable bonds is 5. The molecule has 0 unspecified atom stereocenters. The van der Waals surface area contributed by atoms with Crippen LogP contribution in [-0.4, -0.2) is 6.10 Å². The number of hydrogen-bond acceptors (Lipinski definition) is 1. The third kappa shape index (κ3) is 3.13. The Bertz CT molecular complexity index is 455. The van der Waals surface area contributed by atoms with Gasteiger partial charge in [0.15, 0.2) is 0 Å². The van der Waals surface area contributed by atoms with Crippen LogP contribution in [0.15, 0.2) is 54.6 Å². The first kappa shape index (κ1) is 12.7. The fraction of sp³-hybridized carbons (Fsp3) is 0.294. The van der Waals surface area contributed by atoms with Crippen LogP contribution in [0.1, 0.15) is 26.7 Å². The second-order valence-electron chi connectivity index (χ2n) is 4.45. The predicted molar refractivity (Wildman–Crippen MR) is 76.9 cm³/mol. The Kier molecular flexibility index (Phi) is 4.40. The van der Waals surface area contributed by atoms with Crippen LogP contribution >= 0.6 is 0 Å². The minimum Gasteiger partial charge on any atom is -0.490 e. The summed E-state index contributed by atoms with van der Waals surface area (Å²) in [7, 11) is 0. The van der Waals surface area contributed by atoms with Gasteiger partial charge in [0.05, 0.1) is 6.10 Å². The summed E-state index contributed by atoms with van der Waals surface area (Å²) in [5, 5.41) is 0. The molecule has 2 aromatic rings.